The second kappa shape index (κ2) is 6.49. The van der Waals surface area contributed by atoms with Crippen LogP contribution in [0.1, 0.15) is 39.2 Å². The van der Waals surface area contributed by atoms with E-state index >= 15 is 0 Å². The molecule has 1 amide bonds. The van der Waals surface area contributed by atoms with Crippen molar-refractivity contribution >= 4 is 22.0 Å². The SMILES string of the molecule is CC(C)(C)OC(=O)N1CCC[C@H](N2Cc3ccccc3NS2(=O)=O)C1. The first-order chi connectivity index (χ1) is 11.7. The highest BCUT2D eigenvalue weighted by molar-refractivity contribution is 7.90. The number of rotatable bonds is 1. The van der Waals surface area contributed by atoms with E-state index in [9.17, 15) is 13.2 Å². The Morgan fingerprint density at radius 2 is 2.00 bits per heavy atom. The first-order valence-electron chi connectivity index (χ1n) is 8.51. The van der Waals surface area contributed by atoms with Gasteiger partial charge in [-0.3, -0.25) is 4.72 Å². The third kappa shape index (κ3) is 4.07. The van der Waals surface area contributed by atoms with Crippen molar-refractivity contribution in [3.8, 4) is 0 Å². The van der Waals surface area contributed by atoms with E-state index in [0.29, 0.717) is 25.3 Å². The summed E-state index contributed by atoms with van der Waals surface area (Å²) in [5.41, 5.74) is 0.993. The zero-order valence-corrected chi connectivity index (χ0v) is 15.7. The van der Waals surface area contributed by atoms with E-state index in [-0.39, 0.29) is 12.1 Å². The number of amides is 1. The molecule has 3 rings (SSSR count). The Hall–Kier alpha value is -1.80. The van der Waals surface area contributed by atoms with Gasteiger partial charge in [-0.05, 0) is 45.2 Å². The van der Waals surface area contributed by atoms with Crippen molar-refractivity contribution in [1.82, 2.24) is 9.21 Å². The van der Waals surface area contributed by atoms with Crippen molar-refractivity contribution in [3.05, 3.63) is 29.8 Å². The Balaban J connectivity index is 1.76. The van der Waals surface area contributed by atoms with Crippen LogP contribution in [0.3, 0.4) is 0 Å². The molecule has 138 valence electrons. The predicted octanol–water partition coefficient (Wildman–Crippen LogP) is 2.56. The van der Waals surface area contributed by atoms with Gasteiger partial charge >= 0.3 is 16.3 Å². The molecule has 1 fully saturated rings. The maximum absolute atomic E-state index is 12.6. The van der Waals surface area contributed by atoms with Crippen LogP contribution >= 0.6 is 0 Å². The molecular weight excluding hydrogens is 342 g/mol. The quantitative estimate of drug-likeness (QED) is 0.827. The van der Waals surface area contributed by atoms with Gasteiger partial charge in [-0.15, -0.1) is 0 Å². The number of nitrogens with one attached hydrogen (secondary N) is 1. The summed E-state index contributed by atoms with van der Waals surface area (Å²) < 4.78 is 34.8. The number of para-hydroxylation sites is 1. The summed E-state index contributed by atoms with van der Waals surface area (Å²) in [6.45, 7) is 6.71. The van der Waals surface area contributed by atoms with E-state index in [1.807, 2.05) is 39.0 Å². The van der Waals surface area contributed by atoms with E-state index in [4.69, 9.17) is 4.74 Å². The van der Waals surface area contributed by atoms with Gasteiger partial charge in [-0.25, -0.2) is 4.79 Å². The third-order valence-corrected chi connectivity index (χ3v) is 5.87. The normalized spacial score (nSPS) is 23.5. The van der Waals surface area contributed by atoms with E-state index in [2.05, 4.69) is 4.72 Å². The van der Waals surface area contributed by atoms with Gasteiger partial charge in [0.25, 0.3) is 0 Å². The molecular formula is C17H25N3O4S. The van der Waals surface area contributed by atoms with Crippen molar-refractivity contribution < 1.29 is 17.9 Å². The first kappa shape index (κ1) is 18.0. The molecule has 1 atom stereocenters. The van der Waals surface area contributed by atoms with E-state index in [1.54, 1.807) is 11.0 Å². The number of benzene rings is 1. The van der Waals surface area contributed by atoms with Crippen molar-refractivity contribution in [2.24, 2.45) is 0 Å². The minimum absolute atomic E-state index is 0.257. The van der Waals surface area contributed by atoms with Gasteiger partial charge in [0.1, 0.15) is 5.60 Å². The average Bonchev–Trinajstić information content (AvgIpc) is 2.52. The van der Waals surface area contributed by atoms with E-state index in [1.165, 1.54) is 4.31 Å². The second-order valence-corrected chi connectivity index (χ2v) is 9.16. The predicted molar refractivity (Wildman–Crippen MR) is 95.4 cm³/mol. The summed E-state index contributed by atoms with van der Waals surface area (Å²) in [4.78, 5) is 13.9. The number of nitrogens with zero attached hydrogens (tertiary/aromatic N) is 2. The summed E-state index contributed by atoms with van der Waals surface area (Å²) in [6, 6.07) is 7.12. The number of ether oxygens (including phenoxy) is 1. The minimum Gasteiger partial charge on any atom is -0.444 e. The lowest BCUT2D eigenvalue weighted by atomic mass is 10.1. The second-order valence-electron chi connectivity index (χ2n) is 7.53. The molecule has 1 aromatic rings. The summed E-state index contributed by atoms with van der Waals surface area (Å²) in [5, 5.41) is 0. The number of carbonyl (C=O) groups excluding carboxylic acids is 1. The Morgan fingerprint density at radius 1 is 1.28 bits per heavy atom. The molecule has 0 bridgehead atoms. The molecule has 0 aliphatic carbocycles. The summed E-state index contributed by atoms with van der Waals surface area (Å²) >= 11 is 0. The smallest absolute Gasteiger partial charge is 0.410 e. The number of fused-ring (bicyclic) bond motifs is 1. The van der Waals surface area contributed by atoms with Gasteiger partial charge in [-0.2, -0.15) is 12.7 Å². The fourth-order valence-corrected chi connectivity index (χ4v) is 4.68. The third-order valence-electron chi connectivity index (χ3n) is 4.35. The molecule has 1 N–H and O–H groups in total. The molecule has 8 heteroatoms. The molecule has 0 spiro atoms. The Labute approximate surface area is 149 Å². The molecule has 0 radical (unpaired) electrons. The molecule has 7 nitrogen and oxygen atoms in total. The topological polar surface area (TPSA) is 79.0 Å². The lowest BCUT2D eigenvalue weighted by Crippen LogP contribution is -2.54. The molecule has 2 aliphatic heterocycles. The lowest BCUT2D eigenvalue weighted by Gasteiger charge is -2.40. The molecule has 0 aromatic heterocycles. The Kier molecular flexibility index (Phi) is 4.68. The van der Waals surface area contributed by atoms with Crippen molar-refractivity contribution in [2.75, 3.05) is 17.8 Å². The summed E-state index contributed by atoms with van der Waals surface area (Å²) in [7, 11) is -3.62. The van der Waals surface area contributed by atoms with Gasteiger partial charge < -0.3 is 9.64 Å². The van der Waals surface area contributed by atoms with E-state index < -0.39 is 15.8 Å². The van der Waals surface area contributed by atoms with Crippen LogP contribution in [0.5, 0.6) is 0 Å². The molecule has 1 aromatic carbocycles. The Morgan fingerprint density at radius 3 is 2.72 bits per heavy atom. The average molecular weight is 367 g/mol. The van der Waals surface area contributed by atoms with Crippen molar-refractivity contribution in [3.63, 3.8) is 0 Å². The highest BCUT2D eigenvalue weighted by Gasteiger charge is 2.38. The van der Waals surface area contributed by atoms with Crippen LogP contribution in [-0.2, 0) is 21.5 Å². The zero-order valence-electron chi connectivity index (χ0n) is 14.9. The lowest BCUT2D eigenvalue weighted by molar-refractivity contribution is 0.0152. The van der Waals surface area contributed by atoms with Crippen LogP contribution in [0.15, 0.2) is 24.3 Å². The van der Waals surface area contributed by atoms with Crippen molar-refractivity contribution in [1.29, 1.82) is 0 Å². The summed E-state index contributed by atoms with van der Waals surface area (Å²) in [5.74, 6) is 0. The van der Waals surface area contributed by atoms with E-state index in [0.717, 1.165) is 18.4 Å². The largest absolute Gasteiger partial charge is 0.444 e. The molecule has 0 saturated carbocycles. The fourth-order valence-electron chi connectivity index (χ4n) is 3.22. The number of anilines is 1. The maximum Gasteiger partial charge on any atom is 0.410 e. The van der Waals surface area contributed by atoms with Crippen LogP contribution in [0, 0.1) is 0 Å². The molecule has 2 heterocycles. The van der Waals surface area contributed by atoms with Crippen LogP contribution in [-0.4, -0.2) is 48.4 Å². The minimum atomic E-state index is -3.62. The molecule has 25 heavy (non-hydrogen) atoms. The van der Waals surface area contributed by atoms with Gasteiger partial charge in [-0.1, -0.05) is 18.2 Å². The van der Waals surface area contributed by atoms with Crippen LogP contribution in [0.25, 0.3) is 0 Å². The van der Waals surface area contributed by atoms with Crippen LogP contribution < -0.4 is 4.72 Å². The van der Waals surface area contributed by atoms with Crippen LogP contribution in [0.4, 0.5) is 10.5 Å². The number of hydrogen-bond acceptors (Lipinski definition) is 4. The monoisotopic (exact) mass is 367 g/mol. The number of piperidine rings is 1. The maximum atomic E-state index is 12.6. The Bertz CT molecular complexity index is 757. The molecule has 2 aliphatic rings. The number of carbonyl (C=O) groups is 1. The first-order valence-corrected chi connectivity index (χ1v) is 9.95. The fraction of sp³-hybridized carbons (Fsp3) is 0.588. The van der Waals surface area contributed by atoms with Gasteiger partial charge in [0, 0.05) is 25.7 Å². The molecule has 0 unspecified atom stereocenters. The molecule has 1 saturated heterocycles. The standard InChI is InChI=1S/C17H25N3O4S/c1-17(2,3)24-16(21)19-10-6-8-14(12-19)20-11-13-7-4-5-9-15(13)18-25(20,22)23/h4-5,7,9,14,18H,6,8,10-12H2,1-3H3/t14-/m0/s1. The van der Waals surface area contributed by atoms with Gasteiger partial charge in [0.05, 0.1) is 5.69 Å². The number of likely N-dealkylation sites (tertiary alicyclic amines) is 1. The zero-order chi connectivity index (χ0) is 18.2. The highest BCUT2D eigenvalue weighted by Crippen LogP contribution is 2.30. The van der Waals surface area contributed by atoms with Crippen LogP contribution in [0.2, 0.25) is 0 Å². The van der Waals surface area contributed by atoms with Gasteiger partial charge in [0.2, 0.25) is 0 Å². The number of hydrogen-bond donors (Lipinski definition) is 1. The summed E-state index contributed by atoms with van der Waals surface area (Å²) in [6.07, 6.45) is 1.08. The highest BCUT2D eigenvalue weighted by atomic mass is 32.2. The van der Waals surface area contributed by atoms with Gasteiger partial charge in [0.15, 0.2) is 0 Å². The van der Waals surface area contributed by atoms with Crippen molar-refractivity contribution in [2.45, 2.75) is 51.8 Å².